The van der Waals surface area contributed by atoms with Crippen molar-refractivity contribution < 1.29 is 9.90 Å². The quantitative estimate of drug-likeness (QED) is 0.675. The van der Waals surface area contributed by atoms with E-state index in [0.29, 0.717) is 17.0 Å². The van der Waals surface area contributed by atoms with Crippen LogP contribution < -0.4 is 5.69 Å². The van der Waals surface area contributed by atoms with Crippen LogP contribution in [0.3, 0.4) is 0 Å². The summed E-state index contributed by atoms with van der Waals surface area (Å²) in [5.74, 6) is -0.931. The van der Waals surface area contributed by atoms with E-state index >= 15 is 0 Å². The number of H-pyrrole nitrogens is 1. The van der Waals surface area contributed by atoms with Gasteiger partial charge in [0.15, 0.2) is 0 Å². The SMILES string of the molecule is Cc1nc(=O)[nH]c(C)c1CC(=O)O. The standard InChI is InChI=1S/C8H10N2O3/c1-4-6(3-7(11)12)5(2)10-8(13)9-4/h3H2,1-2H3,(H,11,12)(H,9,10,13). The van der Waals surface area contributed by atoms with E-state index < -0.39 is 11.7 Å². The lowest BCUT2D eigenvalue weighted by Crippen LogP contribution is -2.17. The summed E-state index contributed by atoms with van der Waals surface area (Å²) in [5, 5.41) is 8.57. The van der Waals surface area contributed by atoms with Gasteiger partial charge in [0, 0.05) is 17.0 Å². The van der Waals surface area contributed by atoms with E-state index in [0.717, 1.165) is 0 Å². The number of aliphatic carboxylic acids is 1. The summed E-state index contributed by atoms with van der Waals surface area (Å²) in [7, 11) is 0. The fourth-order valence-corrected chi connectivity index (χ4v) is 1.17. The third kappa shape index (κ3) is 2.14. The molecule has 0 aliphatic heterocycles. The fraction of sp³-hybridized carbons (Fsp3) is 0.375. The van der Waals surface area contributed by atoms with Crippen LogP contribution in [0.5, 0.6) is 0 Å². The molecule has 0 unspecified atom stereocenters. The van der Waals surface area contributed by atoms with Crippen molar-refractivity contribution in [1.82, 2.24) is 9.97 Å². The molecule has 0 aliphatic carbocycles. The van der Waals surface area contributed by atoms with Crippen molar-refractivity contribution in [3.63, 3.8) is 0 Å². The van der Waals surface area contributed by atoms with Gasteiger partial charge in [-0.05, 0) is 13.8 Å². The minimum absolute atomic E-state index is 0.110. The number of hydrogen-bond donors (Lipinski definition) is 2. The third-order valence-corrected chi connectivity index (χ3v) is 1.78. The second-order valence-corrected chi connectivity index (χ2v) is 2.80. The predicted octanol–water partition coefficient (Wildman–Crippen LogP) is 0.0138. The summed E-state index contributed by atoms with van der Waals surface area (Å²) in [6.07, 6.45) is -0.110. The van der Waals surface area contributed by atoms with Crippen LogP contribution >= 0.6 is 0 Å². The van der Waals surface area contributed by atoms with Gasteiger partial charge in [-0.1, -0.05) is 0 Å². The number of nitrogens with zero attached hydrogens (tertiary/aromatic N) is 1. The molecule has 0 spiro atoms. The number of rotatable bonds is 2. The lowest BCUT2D eigenvalue weighted by Gasteiger charge is -2.04. The van der Waals surface area contributed by atoms with Gasteiger partial charge in [0.25, 0.3) is 0 Å². The minimum Gasteiger partial charge on any atom is -0.481 e. The molecular formula is C8H10N2O3. The number of aromatic nitrogens is 2. The van der Waals surface area contributed by atoms with E-state index in [2.05, 4.69) is 9.97 Å². The van der Waals surface area contributed by atoms with Crippen LogP contribution in [0, 0.1) is 13.8 Å². The van der Waals surface area contributed by atoms with Crippen molar-refractivity contribution in [2.45, 2.75) is 20.3 Å². The largest absolute Gasteiger partial charge is 0.481 e. The zero-order chi connectivity index (χ0) is 10.0. The second-order valence-electron chi connectivity index (χ2n) is 2.80. The molecule has 0 aromatic carbocycles. The highest BCUT2D eigenvalue weighted by Gasteiger charge is 2.09. The normalized spacial score (nSPS) is 10.0. The minimum atomic E-state index is -0.931. The molecular weight excluding hydrogens is 172 g/mol. The van der Waals surface area contributed by atoms with Crippen LogP contribution in [0.15, 0.2) is 4.79 Å². The maximum Gasteiger partial charge on any atom is 0.345 e. The molecule has 5 heteroatoms. The van der Waals surface area contributed by atoms with E-state index in [-0.39, 0.29) is 6.42 Å². The first-order chi connectivity index (χ1) is 6.00. The number of carboxylic acids is 1. The molecule has 1 aromatic rings. The van der Waals surface area contributed by atoms with Gasteiger partial charge in [0.1, 0.15) is 0 Å². The number of aromatic amines is 1. The highest BCUT2D eigenvalue weighted by Crippen LogP contribution is 2.06. The van der Waals surface area contributed by atoms with Gasteiger partial charge in [-0.3, -0.25) is 4.79 Å². The summed E-state index contributed by atoms with van der Waals surface area (Å²) in [5.41, 5.74) is 1.18. The molecule has 5 nitrogen and oxygen atoms in total. The predicted molar refractivity (Wildman–Crippen MR) is 45.7 cm³/mol. The summed E-state index contributed by atoms with van der Waals surface area (Å²) in [6, 6.07) is 0. The first-order valence-corrected chi connectivity index (χ1v) is 3.79. The van der Waals surface area contributed by atoms with Crippen LogP contribution in [0.25, 0.3) is 0 Å². The molecule has 0 amide bonds. The smallest absolute Gasteiger partial charge is 0.345 e. The van der Waals surface area contributed by atoms with Crippen molar-refractivity contribution >= 4 is 5.97 Å². The number of carbonyl (C=O) groups is 1. The lowest BCUT2D eigenvalue weighted by molar-refractivity contribution is -0.136. The molecule has 1 aromatic heterocycles. The number of hydrogen-bond acceptors (Lipinski definition) is 3. The van der Waals surface area contributed by atoms with Crippen LogP contribution in [-0.4, -0.2) is 21.0 Å². The Morgan fingerprint density at radius 2 is 2.15 bits per heavy atom. The summed E-state index contributed by atoms with van der Waals surface area (Å²) in [4.78, 5) is 27.3. The molecule has 0 aliphatic rings. The van der Waals surface area contributed by atoms with Gasteiger partial charge in [-0.15, -0.1) is 0 Å². The first kappa shape index (κ1) is 9.44. The number of carboxylic acid groups (broad SMARTS) is 1. The third-order valence-electron chi connectivity index (χ3n) is 1.78. The summed E-state index contributed by atoms with van der Waals surface area (Å²) in [6.45, 7) is 3.29. The molecule has 0 radical (unpaired) electrons. The Morgan fingerprint density at radius 1 is 1.54 bits per heavy atom. The van der Waals surface area contributed by atoms with E-state index in [4.69, 9.17) is 5.11 Å². The van der Waals surface area contributed by atoms with Gasteiger partial charge < -0.3 is 10.1 Å². The fourth-order valence-electron chi connectivity index (χ4n) is 1.17. The molecule has 70 valence electrons. The number of nitrogens with one attached hydrogen (secondary N) is 1. The zero-order valence-corrected chi connectivity index (χ0v) is 7.42. The highest BCUT2D eigenvalue weighted by atomic mass is 16.4. The van der Waals surface area contributed by atoms with Crippen molar-refractivity contribution in [3.05, 3.63) is 27.4 Å². The summed E-state index contributed by atoms with van der Waals surface area (Å²) >= 11 is 0. The van der Waals surface area contributed by atoms with E-state index in [9.17, 15) is 9.59 Å². The lowest BCUT2D eigenvalue weighted by atomic mass is 10.1. The molecule has 0 saturated carbocycles. The molecule has 1 rings (SSSR count). The molecule has 1 heterocycles. The average Bonchev–Trinajstić information content (AvgIpc) is 1.96. The molecule has 0 fully saturated rings. The Labute approximate surface area is 74.4 Å². The van der Waals surface area contributed by atoms with Crippen LogP contribution in [-0.2, 0) is 11.2 Å². The maximum absolute atomic E-state index is 10.8. The Morgan fingerprint density at radius 3 is 2.62 bits per heavy atom. The monoisotopic (exact) mass is 182 g/mol. The Balaban J connectivity index is 3.20. The van der Waals surface area contributed by atoms with Crippen molar-refractivity contribution in [2.24, 2.45) is 0 Å². The average molecular weight is 182 g/mol. The Hall–Kier alpha value is -1.65. The Bertz CT molecular complexity index is 369. The maximum atomic E-state index is 10.8. The van der Waals surface area contributed by atoms with Gasteiger partial charge in [-0.2, -0.15) is 4.98 Å². The number of aryl methyl sites for hydroxylation is 2. The molecule has 13 heavy (non-hydrogen) atoms. The van der Waals surface area contributed by atoms with Crippen LogP contribution in [0.2, 0.25) is 0 Å². The van der Waals surface area contributed by atoms with Gasteiger partial charge in [-0.25, -0.2) is 4.79 Å². The molecule has 0 saturated heterocycles. The van der Waals surface area contributed by atoms with Crippen molar-refractivity contribution in [1.29, 1.82) is 0 Å². The molecule has 0 atom stereocenters. The molecule has 0 bridgehead atoms. The Kier molecular flexibility index (Phi) is 2.46. The summed E-state index contributed by atoms with van der Waals surface area (Å²) < 4.78 is 0. The zero-order valence-electron chi connectivity index (χ0n) is 7.42. The van der Waals surface area contributed by atoms with E-state index in [1.165, 1.54) is 0 Å². The van der Waals surface area contributed by atoms with Gasteiger partial charge in [0.2, 0.25) is 0 Å². The van der Waals surface area contributed by atoms with E-state index in [1.807, 2.05) is 0 Å². The highest BCUT2D eigenvalue weighted by molar-refractivity contribution is 5.70. The van der Waals surface area contributed by atoms with Gasteiger partial charge >= 0.3 is 11.7 Å². The topological polar surface area (TPSA) is 83.0 Å². The van der Waals surface area contributed by atoms with E-state index in [1.54, 1.807) is 13.8 Å². The van der Waals surface area contributed by atoms with Crippen molar-refractivity contribution in [2.75, 3.05) is 0 Å². The first-order valence-electron chi connectivity index (χ1n) is 3.79. The van der Waals surface area contributed by atoms with Gasteiger partial charge in [0.05, 0.1) is 6.42 Å². The molecule has 2 N–H and O–H groups in total. The van der Waals surface area contributed by atoms with Crippen molar-refractivity contribution in [3.8, 4) is 0 Å². The van der Waals surface area contributed by atoms with Crippen LogP contribution in [0.1, 0.15) is 17.0 Å². The second kappa shape index (κ2) is 3.38. The van der Waals surface area contributed by atoms with Crippen LogP contribution in [0.4, 0.5) is 0 Å².